The third kappa shape index (κ3) is 5.69. The van der Waals surface area contributed by atoms with Crippen LogP contribution in [0.4, 0.5) is 0 Å². The highest BCUT2D eigenvalue weighted by atomic mass is 16.5. The van der Waals surface area contributed by atoms with Gasteiger partial charge in [-0.2, -0.15) is 0 Å². The number of ketones is 1. The highest BCUT2D eigenvalue weighted by Gasteiger charge is 2.18. The third-order valence-electron chi connectivity index (χ3n) is 4.86. The fourth-order valence-electron chi connectivity index (χ4n) is 2.86. The van der Waals surface area contributed by atoms with Gasteiger partial charge in [-0.05, 0) is 55.8 Å². The molecule has 4 nitrogen and oxygen atoms in total. The molecule has 0 N–H and O–H groups in total. The van der Waals surface area contributed by atoms with Gasteiger partial charge in [-0.25, -0.2) is 0 Å². The quantitative estimate of drug-likeness (QED) is 0.329. The first-order valence-corrected chi connectivity index (χ1v) is 10.0. The molecule has 0 unspecified atom stereocenters. The van der Waals surface area contributed by atoms with E-state index in [1.165, 1.54) is 11.0 Å². The first-order valence-electron chi connectivity index (χ1n) is 10.0. The normalized spacial score (nSPS) is 11.6. The minimum atomic E-state index is -0.197. The van der Waals surface area contributed by atoms with E-state index in [2.05, 4.69) is 20.4 Å². The summed E-state index contributed by atoms with van der Waals surface area (Å²) in [6.07, 6.45) is 5.24. The molecule has 30 heavy (non-hydrogen) atoms. The summed E-state index contributed by atoms with van der Waals surface area (Å²) in [4.78, 5) is 26.2. The molecule has 0 aliphatic rings. The summed E-state index contributed by atoms with van der Waals surface area (Å²) in [6.45, 7) is 12.0. The largest absolute Gasteiger partial charge is 0.490 e. The fraction of sp³-hybridized carbons (Fsp3) is 0.308. The number of carbonyl (C=O) groups is 2. The molecule has 0 fully saturated rings. The predicted octanol–water partition coefficient (Wildman–Crippen LogP) is 5.54. The molecule has 2 aromatic carbocycles. The zero-order chi connectivity index (χ0) is 22.5. The molecule has 0 spiro atoms. The molecule has 0 aromatic heterocycles. The van der Waals surface area contributed by atoms with Crippen molar-refractivity contribution >= 4 is 17.8 Å². The molecule has 0 radical (unpaired) electrons. The molecular formula is C26H31NO3. The molecule has 0 bridgehead atoms. The molecule has 2 rings (SSSR count). The van der Waals surface area contributed by atoms with Gasteiger partial charge in [0.25, 0.3) is 5.91 Å². The van der Waals surface area contributed by atoms with E-state index in [1.54, 1.807) is 44.4 Å². The van der Waals surface area contributed by atoms with E-state index < -0.39 is 0 Å². The van der Waals surface area contributed by atoms with Crippen LogP contribution in [0.2, 0.25) is 0 Å². The summed E-state index contributed by atoms with van der Waals surface area (Å²) in [5.41, 5.74) is 2.80. The number of carbonyl (C=O) groups excluding carboxylic acids is 2. The van der Waals surface area contributed by atoms with Crippen LogP contribution in [0.1, 0.15) is 59.5 Å². The SMILES string of the molecule is C=CC(C)(C)c1ccc(OC(C)C)c(/C=C/C(=O)c2ccc(C(=O)N(C)C)cc2)c1. The summed E-state index contributed by atoms with van der Waals surface area (Å²) >= 11 is 0. The van der Waals surface area contributed by atoms with Crippen molar-refractivity contribution in [2.45, 2.75) is 39.2 Å². The van der Waals surface area contributed by atoms with Gasteiger partial charge in [0.15, 0.2) is 5.78 Å². The number of benzene rings is 2. The Morgan fingerprint density at radius 1 is 1.03 bits per heavy atom. The minimum Gasteiger partial charge on any atom is -0.490 e. The summed E-state index contributed by atoms with van der Waals surface area (Å²) < 4.78 is 5.92. The average molecular weight is 406 g/mol. The number of nitrogens with zero attached hydrogens (tertiary/aromatic N) is 1. The van der Waals surface area contributed by atoms with Crippen molar-refractivity contribution in [1.82, 2.24) is 4.90 Å². The van der Waals surface area contributed by atoms with Crippen molar-refractivity contribution in [3.63, 3.8) is 0 Å². The van der Waals surface area contributed by atoms with Crippen molar-refractivity contribution in [3.8, 4) is 5.75 Å². The number of rotatable bonds is 8. The number of hydrogen-bond acceptors (Lipinski definition) is 3. The predicted molar refractivity (Wildman–Crippen MR) is 123 cm³/mol. The minimum absolute atomic E-state index is 0.0212. The van der Waals surface area contributed by atoms with E-state index >= 15 is 0 Å². The van der Waals surface area contributed by atoms with Crippen LogP contribution in [0.5, 0.6) is 5.75 Å². The lowest BCUT2D eigenvalue weighted by Crippen LogP contribution is -2.21. The Bertz CT molecular complexity index is 951. The van der Waals surface area contributed by atoms with Gasteiger partial charge in [-0.15, -0.1) is 6.58 Å². The Kier molecular flexibility index (Phi) is 7.38. The van der Waals surface area contributed by atoms with Crippen LogP contribution in [0.25, 0.3) is 6.08 Å². The van der Waals surface area contributed by atoms with Gasteiger partial charge in [0.1, 0.15) is 5.75 Å². The van der Waals surface area contributed by atoms with Crippen LogP contribution < -0.4 is 4.74 Å². The Labute approximate surface area is 179 Å². The van der Waals surface area contributed by atoms with Gasteiger partial charge in [0.2, 0.25) is 0 Å². The first kappa shape index (κ1) is 23.1. The summed E-state index contributed by atoms with van der Waals surface area (Å²) in [6, 6.07) is 12.7. The smallest absolute Gasteiger partial charge is 0.253 e. The Morgan fingerprint density at radius 3 is 2.17 bits per heavy atom. The van der Waals surface area contributed by atoms with E-state index in [4.69, 9.17) is 4.74 Å². The maximum absolute atomic E-state index is 12.7. The molecule has 1 amide bonds. The second-order valence-corrected chi connectivity index (χ2v) is 8.32. The molecule has 0 atom stereocenters. The number of amides is 1. The number of hydrogen-bond donors (Lipinski definition) is 0. The van der Waals surface area contributed by atoms with Crippen LogP contribution in [0.15, 0.2) is 61.2 Å². The monoisotopic (exact) mass is 405 g/mol. The van der Waals surface area contributed by atoms with Crippen molar-refractivity contribution in [1.29, 1.82) is 0 Å². The Hall–Kier alpha value is -3.14. The molecule has 0 heterocycles. The fourth-order valence-corrected chi connectivity index (χ4v) is 2.86. The van der Waals surface area contributed by atoms with Crippen molar-refractivity contribution < 1.29 is 14.3 Å². The Morgan fingerprint density at radius 2 is 1.63 bits per heavy atom. The lowest BCUT2D eigenvalue weighted by molar-refractivity contribution is 0.0827. The lowest BCUT2D eigenvalue weighted by Gasteiger charge is -2.22. The first-order chi connectivity index (χ1) is 14.0. The van der Waals surface area contributed by atoms with E-state index in [-0.39, 0.29) is 23.2 Å². The topological polar surface area (TPSA) is 46.6 Å². The maximum Gasteiger partial charge on any atom is 0.253 e. The van der Waals surface area contributed by atoms with Crippen molar-refractivity contribution in [2.75, 3.05) is 14.1 Å². The van der Waals surface area contributed by atoms with Crippen LogP contribution in [-0.2, 0) is 5.41 Å². The zero-order valence-corrected chi connectivity index (χ0v) is 18.7. The van der Waals surface area contributed by atoms with E-state index in [0.717, 1.165) is 16.9 Å². The van der Waals surface area contributed by atoms with Crippen molar-refractivity contribution in [3.05, 3.63) is 83.4 Å². The summed E-state index contributed by atoms with van der Waals surface area (Å²) in [5, 5.41) is 0. The standard InChI is InChI=1S/C26H31NO3/c1-8-26(4,5)22-14-16-24(30-18(2)3)21(17-22)13-15-23(28)19-9-11-20(12-10-19)25(29)27(6)7/h8-18H,1H2,2-7H3/b15-13+. The molecule has 0 saturated heterocycles. The molecule has 0 aliphatic carbocycles. The van der Waals surface area contributed by atoms with Gasteiger partial charge < -0.3 is 9.64 Å². The molecule has 158 valence electrons. The van der Waals surface area contributed by atoms with Crippen LogP contribution in [0, 0.1) is 0 Å². The van der Waals surface area contributed by atoms with Crippen molar-refractivity contribution in [2.24, 2.45) is 0 Å². The van der Waals surface area contributed by atoms with Gasteiger partial charge in [-0.3, -0.25) is 9.59 Å². The maximum atomic E-state index is 12.7. The average Bonchev–Trinajstić information content (AvgIpc) is 2.71. The summed E-state index contributed by atoms with van der Waals surface area (Å²) in [7, 11) is 3.39. The number of allylic oxidation sites excluding steroid dienone is 2. The Balaban J connectivity index is 2.32. The molecule has 2 aromatic rings. The van der Waals surface area contributed by atoms with Gasteiger partial charge in [0.05, 0.1) is 6.10 Å². The van der Waals surface area contributed by atoms with Gasteiger partial charge in [0, 0.05) is 36.2 Å². The van der Waals surface area contributed by atoms with Crippen LogP contribution in [-0.4, -0.2) is 36.8 Å². The summed E-state index contributed by atoms with van der Waals surface area (Å²) in [5.74, 6) is 0.494. The van der Waals surface area contributed by atoms with Crippen LogP contribution in [0.3, 0.4) is 0 Å². The highest BCUT2D eigenvalue weighted by Crippen LogP contribution is 2.30. The van der Waals surface area contributed by atoms with E-state index in [0.29, 0.717) is 11.1 Å². The molecule has 0 aliphatic heterocycles. The van der Waals surface area contributed by atoms with Crippen LogP contribution >= 0.6 is 0 Å². The second kappa shape index (κ2) is 9.57. The molecular weight excluding hydrogens is 374 g/mol. The zero-order valence-electron chi connectivity index (χ0n) is 18.7. The van der Waals surface area contributed by atoms with Gasteiger partial charge in [-0.1, -0.05) is 38.1 Å². The lowest BCUT2D eigenvalue weighted by atomic mass is 9.84. The second-order valence-electron chi connectivity index (χ2n) is 8.32. The highest BCUT2D eigenvalue weighted by molar-refractivity contribution is 6.07. The molecule has 4 heteroatoms. The molecule has 0 saturated carbocycles. The third-order valence-corrected chi connectivity index (χ3v) is 4.86. The number of ether oxygens (including phenoxy) is 1. The van der Waals surface area contributed by atoms with E-state index in [9.17, 15) is 9.59 Å². The van der Waals surface area contributed by atoms with Gasteiger partial charge >= 0.3 is 0 Å². The van der Waals surface area contributed by atoms with E-state index in [1.807, 2.05) is 38.1 Å².